The Morgan fingerprint density at radius 2 is 1.33 bits per heavy atom. The minimum atomic E-state index is 1.28. The van der Waals surface area contributed by atoms with Crippen LogP contribution in [0.4, 0.5) is 0 Å². The van der Waals surface area contributed by atoms with Gasteiger partial charge in [-0.2, -0.15) is 0 Å². The van der Waals surface area contributed by atoms with E-state index in [-0.39, 0.29) is 0 Å². The van der Waals surface area contributed by atoms with Crippen molar-refractivity contribution in [2.45, 2.75) is 13.8 Å². The van der Waals surface area contributed by atoms with Gasteiger partial charge >= 0.3 is 0 Å². The summed E-state index contributed by atoms with van der Waals surface area (Å²) in [5.74, 6) is 0. The molecule has 5 aromatic carbocycles. The van der Waals surface area contributed by atoms with Gasteiger partial charge in [0.15, 0.2) is 0 Å². The first-order valence-electron chi connectivity index (χ1n) is 8.47. The van der Waals surface area contributed by atoms with Crippen molar-refractivity contribution in [1.82, 2.24) is 0 Å². The lowest BCUT2D eigenvalue weighted by Crippen LogP contribution is -1.91. The lowest BCUT2D eigenvalue weighted by molar-refractivity contribution is 1.46. The monoisotopic (exact) mass is 306 g/mol. The number of benzene rings is 5. The molecular weight excluding hydrogens is 288 g/mol. The zero-order valence-electron chi connectivity index (χ0n) is 13.9. The minimum Gasteiger partial charge on any atom is -0.0622 e. The molecule has 0 aliphatic carbocycles. The van der Waals surface area contributed by atoms with E-state index in [0.717, 1.165) is 0 Å². The normalized spacial score (nSPS) is 11.8. The second-order valence-electron chi connectivity index (χ2n) is 6.74. The molecule has 0 heterocycles. The molecule has 0 amide bonds. The maximum Gasteiger partial charge on any atom is -0.00204 e. The molecule has 0 unspecified atom stereocenters. The number of rotatable bonds is 1. The maximum absolute atomic E-state index is 2.38. The van der Waals surface area contributed by atoms with Gasteiger partial charge in [-0.3, -0.25) is 0 Å². The zero-order valence-corrected chi connectivity index (χ0v) is 13.9. The Morgan fingerprint density at radius 3 is 2.17 bits per heavy atom. The largest absolute Gasteiger partial charge is 0.0622 e. The highest BCUT2D eigenvalue weighted by molar-refractivity contribution is 6.27. The van der Waals surface area contributed by atoms with Crippen molar-refractivity contribution >= 4 is 32.3 Å². The predicted molar refractivity (Wildman–Crippen MR) is 105 cm³/mol. The molecule has 0 radical (unpaired) electrons. The lowest BCUT2D eigenvalue weighted by Gasteiger charge is -2.17. The number of hydrogen-bond acceptors (Lipinski definition) is 0. The summed E-state index contributed by atoms with van der Waals surface area (Å²) in [5.41, 5.74) is 5.33. The van der Waals surface area contributed by atoms with E-state index in [1.54, 1.807) is 0 Å². The summed E-state index contributed by atoms with van der Waals surface area (Å²) in [7, 11) is 0. The maximum atomic E-state index is 2.38. The van der Waals surface area contributed by atoms with E-state index in [1.165, 1.54) is 54.6 Å². The molecule has 0 spiro atoms. The van der Waals surface area contributed by atoms with Gasteiger partial charge in [0.25, 0.3) is 0 Å². The van der Waals surface area contributed by atoms with E-state index < -0.39 is 0 Å². The van der Waals surface area contributed by atoms with E-state index in [4.69, 9.17) is 0 Å². The molecule has 0 aliphatic rings. The second kappa shape index (κ2) is 4.82. The molecule has 0 saturated carbocycles. The summed E-state index contributed by atoms with van der Waals surface area (Å²) in [6.45, 7) is 4.45. The van der Waals surface area contributed by atoms with Crippen molar-refractivity contribution in [2.24, 2.45) is 0 Å². The van der Waals surface area contributed by atoms with E-state index in [2.05, 4.69) is 86.6 Å². The van der Waals surface area contributed by atoms with Crippen LogP contribution in [0.1, 0.15) is 11.1 Å². The molecule has 0 aromatic heterocycles. The summed E-state index contributed by atoms with van der Waals surface area (Å²) >= 11 is 0. The topological polar surface area (TPSA) is 0 Å². The van der Waals surface area contributed by atoms with Gasteiger partial charge < -0.3 is 0 Å². The van der Waals surface area contributed by atoms with Crippen LogP contribution in [0, 0.1) is 13.8 Å². The number of aryl methyl sites for hydroxylation is 2. The van der Waals surface area contributed by atoms with Gasteiger partial charge in [-0.05, 0) is 74.5 Å². The molecule has 0 N–H and O–H groups in total. The molecule has 24 heavy (non-hydrogen) atoms. The number of hydrogen-bond donors (Lipinski definition) is 0. The fraction of sp³-hybridized carbons (Fsp3) is 0.0833. The van der Waals surface area contributed by atoms with Crippen LogP contribution in [0.3, 0.4) is 0 Å². The summed E-state index contributed by atoms with van der Waals surface area (Å²) in [6, 6.07) is 26.6. The Balaban J connectivity index is 2.10. The molecule has 114 valence electrons. The van der Waals surface area contributed by atoms with Gasteiger partial charge in [0.2, 0.25) is 0 Å². The Bertz CT molecular complexity index is 1200. The van der Waals surface area contributed by atoms with Crippen molar-refractivity contribution in [3.05, 3.63) is 83.9 Å². The van der Waals surface area contributed by atoms with Crippen molar-refractivity contribution in [3.63, 3.8) is 0 Å². The first kappa shape index (κ1) is 13.6. The van der Waals surface area contributed by atoms with E-state index >= 15 is 0 Å². The molecule has 0 heteroatoms. The fourth-order valence-corrected chi connectivity index (χ4v) is 4.15. The van der Waals surface area contributed by atoms with Crippen LogP contribution in [0.2, 0.25) is 0 Å². The van der Waals surface area contributed by atoms with Crippen LogP contribution in [0.5, 0.6) is 0 Å². The highest BCUT2D eigenvalue weighted by atomic mass is 14.2. The van der Waals surface area contributed by atoms with Gasteiger partial charge in [0.05, 0.1) is 0 Å². The Kier molecular flexibility index (Phi) is 2.72. The average molecular weight is 306 g/mol. The first-order valence-corrected chi connectivity index (χ1v) is 8.47. The average Bonchev–Trinajstić information content (AvgIpc) is 2.62. The second-order valence-corrected chi connectivity index (χ2v) is 6.74. The Morgan fingerprint density at radius 1 is 0.542 bits per heavy atom. The molecule has 0 nitrogen and oxygen atoms in total. The highest BCUT2D eigenvalue weighted by Gasteiger charge is 2.15. The Labute approximate surface area is 141 Å². The minimum absolute atomic E-state index is 1.28. The third-order valence-electron chi connectivity index (χ3n) is 5.26. The van der Waals surface area contributed by atoms with Crippen molar-refractivity contribution in [3.8, 4) is 11.1 Å². The molecular formula is C24H18. The molecule has 5 aromatic rings. The van der Waals surface area contributed by atoms with E-state index in [9.17, 15) is 0 Å². The van der Waals surface area contributed by atoms with Crippen LogP contribution in [0.25, 0.3) is 43.4 Å². The molecule has 5 rings (SSSR count). The molecule has 0 saturated heterocycles. The van der Waals surface area contributed by atoms with Crippen LogP contribution >= 0.6 is 0 Å². The molecule has 0 bridgehead atoms. The fourth-order valence-electron chi connectivity index (χ4n) is 4.15. The van der Waals surface area contributed by atoms with Crippen LogP contribution < -0.4 is 0 Å². The van der Waals surface area contributed by atoms with Gasteiger partial charge in [-0.1, -0.05) is 66.7 Å². The Hall–Kier alpha value is -2.86. The van der Waals surface area contributed by atoms with Gasteiger partial charge in [-0.25, -0.2) is 0 Å². The summed E-state index contributed by atoms with van der Waals surface area (Å²) in [6.07, 6.45) is 0. The van der Waals surface area contributed by atoms with Crippen LogP contribution in [-0.4, -0.2) is 0 Å². The highest BCUT2D eigenvalue weighted by Crippen LogP contribution is 2.42. The van der Waals surface area contributed by atoms with Gasteiger partial charge in [-0.15, -0.1) is 0 Å². The van der Waals surface area contributed by atoms with Crippen LogP contribution in [0.15, 0.2) is 72.8 Å². The quantitative estimate of drug-likeness (QED) is 0.296. The summed E-state index contributed by atoms with van der Waals surface area (Å²) in [5, 5.41) is 8.24. The third kappa shape index (κ3) is 1.74. The lowest BCUT2D eigenvalue weighted by atomic mass is 9.86. The van der Waals surface area contributed by atoms with Gasteiger partial charge in [0, 0.05) is 0 Å². The summed E-state index contributed by atoms with van der Waals surface area (Å²) < 4.78 is 0. The third-order valence-corrected chi connectivity index (χ3v) is 5.26. The smallest absolute Gasteiger partial charge is 0.00204 e. The van der Waals surface area contributed by atoms with Crippen LogP contribution in [-0.2, 0) is 0 Å². The van der Waals surface area contributed by atoms with Crippen molar-refractivity contribution in [1.29, 1.82) is 0 Å². The molecule has 0 atom stereocenters. The van der Waals surface area contributed by atoms with E-state index in [0.29, 0.717) is 0 Å². The predicted octanol–water partition coefficient (Wildman–Crippen LogP) is 6.87. The SMILES string of the molecule is Cc1cc(C)c2cc(-c3ccccc3)c3cccc4ccc1c2c43. The van der Waals surface area contributed by atoms with E-state index in [1.807, 2.05) is 0 Å². The summed E-state index contributed by atoms with van der Waals surface area (Å²) in [4.78, 5) is 0. The van der Waals surface area contributed by atoms with Crippen molar-refractivity contribution in [2.75, 3.05) is 0 Å². The molecule has 0 aliphatic heterocycles. The van der Waals surface area contributed by atoms with Crippen molar-refractivity contribution < 1.29 is 0 Å². The standard InChI is InChI=1S/C24H18/c1-15-13-16(2)21-14-22(17-7-4-3-5-8-17)20-10-6-9-18-11-12-19(15)24(21)23(18)20/h3-14H,1-2H3. The zero-order chi connectivity index (χ0) is 16.3. The first-order chi connectivity index (χ1) is 11.7. The van der Waals surface area contributed by atoms with Gasteiger partial charge in [0.1, 0.15) is 0 Å². The molecule has 0 fully saturated rings.